The van der Waals surface area contributed by atoms with Gasteiger partial charge in [0, 0.05) is 10.5 Å². The molecule has 1 aromatic carbocycles. The normalized spacial score (nSPS) is 10.1. The average molecular weight is 295 g/mol. The number of hydrazine groups is 1. The summed E-state index contributed by atoms with van der Waals surface area (Å²) in [6.07, 6.45) is 1.39. The summed E-state index contributed by atoms with van der Waals surface area (Å²) in [7, 11) is 0. The number of benzene rings is 1. The van der Waals surface area contributed by atoms with Crippen molar-refractivity contribution < 1.29 is 4.74 Å². The number of rotatable bonds is 3. The third-order valence-corrected chi connectivity index (χ3v) is 2.63. The monoisotopic (exact) mass is 294 g/mol. The van der Waals surface area contributed by atoms with Crippen LogP contribution in [-0.4, -0.2) is 9.97 Å². The molecule has 0 saturated heterocycles. The van der Waals surface area contributed by atoms with E-state index in [9.17, 15) is 0 Å². The molecule has 0 aliphatic rings. The topological polar surface area (TPSA) is 73.1 Å². The fourth-order valence-corrected chi connectivity index (χ4v) is 1.79. The highest BCUT2D eigenvalue weighted by atomic mass is 79.9. The molecule has 0 aliphatic heterocycles. The molecular weight excluding hydrogens is 284 g/mol. The van der Waals surface area contributed by atoms with Crippen LogP contribution in [0.4, 0.5) is 5.82 Å². The predicted octanol–water partition coefficient (Wildman–Crippen LogP) is 2.63. The van der Waals surface area contributed by atoms with Crippen LogP contribution in [-0.2, 0) is 0 Å². The van der Waals surface area contributed by atoms with Crippen molar-refractivity contribution in [2.45, 2.75) is 6.92 Å². The van der Waals surface area contributed by atoms with Gasteiger partial charge in [-0.2, -0.15) is 0 Å². The smallest absolute Gasteiger partial charge is 0.224 e. The highest BCUT2D eigenvalue weighted by Gasteiger charge is 2.04. The molecule has 0 fully saturated rings. The molecule has 1 heterocycles. The van der Waals surface area contributed by atoms with Crippen LogP contribution in [0.15, 0.2) is 35.1 Å². The molecule has 0 bridgehead atoms. The molecule has 17 heavy (non-hydrogen) atoms. The molecule has 0 spiro atoms. The van der Waals surface area contributed by atoms with E-state index >= 15 is 0 Å². The van der Waals surface area contributed by atoms with Gasteiger partial charge in [-0.05, 0) is 30.7 Å². The first-order valence-corrected chi connectivity index (χ1v) is 5.71. The number of aryl methyl sites for hydroxylation is 1. The van der Waals surface area contributed by atoms with Gasteiger partial charge in [-0.15, -0.1) is 0 Å². The van der Waals surface area contributed by atoms with Crippen molar-refractivity contribution in [2.24, 2.45) is 5.84 Å². The lowest BCUT2D eigenvalue weighted by atomic mass is 10.2. The van der Waals surface area contributed by atoms with E-state index in [1.54, 1.807) is 6.07 Å². The van der Waals surface area contributed by atoms with E-state index in [0.29, 0.717) is 11.7 Å². The molecule has 0 atom stereocenters. The Kier molecular flexibility index (Phi) is 3.55. The van der Waals surface area contributed by atoms with E-state index in [4.69, 9.17) is 10.6 Å². The van der Waals surface area contributed by atoms with E-state index in [2.05, 4.69) is 31.3 Å². The minimum Gasteiger partial charge on any atom is -0.439 e. The number of nitrogens with zero attached hydrogens (tertiary/aromatic N) is 2. The molecule has 0 unspecified atom stereocenters. The Morgan fingerprint density at radius 2 is 2.12 bits per heavy atom. The van der Waals surface area contributed by atoms with Gasteiger partial charge in [0.15, 0.2) is 0 Å². The summed E-state index contributed by atoms with van der Waals surface area (Å²) in [5.74, 6) is 6.95. The summed E-state index contributed by atoms with van der Waals surface area (Å²) >= 11 is 3.40. The van der Waals surface area contributed by atoms with Gasteiger partial charge in [0.25, 0.3) is 0 Å². The maximum Gasteiger partial charge on any atom is 0.224 e. The third kappa shape index (κ3) is 2.92. The molecular formula is C11H11BrN4O. The second-order valence-electron chi connectivity index (χ2n) is 3.40. The number of nitrogens with one attached hydrogen (secondary N) is 1. The zero-order valence-corrected chi connectivity index (χ0v) is 10.7. The zero-order chi connectivity index (χ0) is 12.3. The molecule has 0 aliphatic carbocycles. The summed E-state index contributed by atoms with van der Waals surface area (Å²) in [4.78, 5) is 7.91. The summed E-state index contributed by atoms with van der Waals surface area (Å²) in [6, 6.07) is 7.38. The van der Waals surface area contributed by atoms with Crippen LogP contribution >= 0.6 is 15.9 Å². The highest BCUT2D eigenvalue weighted by Crippen LogP contribution is 2.26. The van der Waals surface area contributed by atoms with E-state index in [0.717, 1.165) is 15.8 Å². The molecule has 6 heteroatoms. The lowest BCUT2D eigenvalue weighted by molar-refractivity contribution is 0.458. The Hall–Kier alpha value is -1.66. The number of nitrogen functional groups attached to an aromatic ring is 1. The first-order chi connectivity index (χ1) is 8.19. The van der Waals surface area contributed by atoms with Crippen molar-refractivity contribution >= 4 is 21.7 Å². The summed E-state index contributed by atoms with van der Waals surface area (Å²) in [5, 5.41) is 0. The first-order valence-electron chi connectivity index (χ1n) is 4.91. The maximum absolute atomic E-state index is 5.64. The van der Waals surface area contributed by atoms with Crippen molar-refractivity contribution in [3.8, 4) is 11.6 Å². The SMILES string of the molecule is Cc1cc(Br)ccc1Oc1cc(NN)ncn1. The van der Waals surface area contributed by atoms with Crippen LogP contribution in [0.1, 0.15) is 5.56 Å². The van der Waals surface area contributed by atoms with Crippen LogP contribution < -0.4 is 16.0 Å². The van der Waals surface area contributed by atoms with Crippen LogP contribution in [0.5, 0.6) is 11.6 Å². The Morgan fingerprint density at radius 1 is 1.29 bits per heavy atom. The highest BCUT2D eigenvalue weighted by molar-refractivity contribution is 9.10. The predicted molar refractivity (Wildman–Crippen MR) is 68.8 cm³/mol. The van der Waals surface area contributed by atoms with Crippen LogP contribution in [0, 0.1) is 6.92 Å². The number of halogens is 1. The van der Waals surface area contributed by atoms with Crippen molar-refractivity contribution in [3.63, 3.8) is 0 Å². The van der Waals surface area contributed by atoms with Crippen molar-refractivity contribution in [3.05, 3.63) is 40.6 Å². The van der Waals surface area contributed by atoms with Gasteiger partial charge in [0.1, 0.15) is 17.9 Å². The zero-order valence-electron chi connectivity index (χ0n) is 9.14. The molecule has 88 valence electrons. The minimum absolute atomic E-state index is 0.443. The average Bonchev–Trinajstić information content (AvgIpc) is 2.33. The van der Waals surface area contributed by atoms with Crippen molar-refractivity contribution in [1.29, 1.82) is 0 Å². The molecule has 5 nitrogen and oxygen atoms in total. The van der Waals surface area contributed by atoms with E-state index in [-0.39, 0.29) is 0 Å². The fraction of sp³-hybridized carbons (Fsp3) is 0.0909. The molecule has 2 rings (SSSR count). The number of aromatic nitrogens is 2. The molecule has 2 aromatic rings. The second kappa shape index (κ2) is 5.11. The lowest BCUT2D eigenvalue weighted by Gasteiger charge is -2.08. The number of nitrogens with two attached hydrogens (primary N) is 1. The number of anilines is 1. The van der Waals surface area contributed by atoms with E-state index < -0.39 is 0 Å². The Morgan fingerprint density at radius 3 is 2.82 bits per heavy atom. The Balaban J connectivity index is 2.25. The lowest BCUT2D eigenvalue weighted by Crippen LogP contribution is -2.08. The van der Waals surface area contributed by atoms with E-state index in [1.807, 2.05) is 25.1 Å². The van der Waals surface area contributed by atoms with Gasteiger partial charge < -0.3 is 10.2 Å². The Labute approximate surface area is 107 Å². The third-order valence-electron chi connectivity index (χ3n) is 2.14. The summed E-state index contributed by atoms with van der Waals surface area (Å²) in [6.45, 7) is 1.96. The van der Waals surface area contributed by atoms with Gasteiger partial charge >= 0.3 is 0 Å². The van der Waals surface area contributed by atoms with Gasteiger partial charge in [-0.25, -0.2) is 15.8 Å². The molecule has 1 aromatic heterocycles. The molecule has 0 saturated carbocycles. The number of hydrogen-bond donors (Lipinski definition) is 2. The van der Waals surface area contributed by atoms with Gasteiger partial charge in [-0.1, -0.05) is 15.9 Å². The van der Waals surface area contributed by atoms with Crippen molar-refractivity contribution in [2.75, 3.05) is 5.43 Å². The molecule has 0 radical (unpaired) electrons. The quantitative estimate of drug-likeness (QED) is 0.672. The van der Waals surface area contributed by atoms with Gasteiger partial charge in [0.05, 0.1) is 0 Å². The van der Waals surface area contributed by atoms with Crippen LogP contribution in [0.25, 0.3) is 0 Å². The summed E-state index contributed by atoms with van der Waals surface area (Å²) < 4.78 is 6.65. The van der Waals surface area contributed by atoms with Gasteiger partial charge in [0.2, 0.25) is 5.88 Å². The van der Waals surface area contributed by atoms with Gasteiger partial charge in [-0.3, -0.25) is 0 Å². The number of hydrogen-bond acceptors (Lipinski definition) is 5. The molecule has 3 N–H and O–H groups in total. The van der Waals surface area contributed by atoms with Crippen LogP contribution in [0.3, 0.4) is 0 Å². The van der Waals surface area contributed by atoms with E-state index in [1.165, 1.54) is 6.33 Å². The largest absolute Gasteiger partial charge is 0.439 e. The van der Waals surface area contributed by atoms with Crippen LogP contribution in [0.2, 0.25) is 0 Å². The van der Waals surface area contributed by atoms with Crippen molar-refractivity contribution in [1.82, 2.24) is 9.97 Å². The summed E-state index contributed by atoms with van der Waals surface area (Å²) in [5.41, 5.74) is 3.45. The second-order valence-corrected chi connectivity index (χ2v) is 4.31. The molecule has 0 amide bonds. The maximum atomic E-state index is 5.64. The standard InChI is InChI=1S/C11H11BrN4O/c1-7-4-8(12)2-3-9(7)17-11-5-10(16-13)14-6-15-11/h2-6H,13H2,1H3,(H,14,15,16). The fourth-order valence-electron chi connectivity index (χ4n) is 1.31. The Bertz CT molecular complexity index is 533. The first kappa shape index (κ1) is 11.8. The minimum atomic E-state index is 0.443. The number of ether oxygens (including phenoxy) is 1.